The third-order valence-corrected chi connectivity index (χ3v) is 6.91. The van der Waals surface area contributed by atoms with E-state index in [2.05, 4.69) is 31.2 Å². The highest BCUT2D eigenvalue weighted by Gasteiger charge is 2.33. The Morgan fingerprint density at radius 3 is 2.57 bits per heavy atom. The number of nitrogens with one attached hydrogen (secondary N) is 4. The Hall–Kier alpha value is -3.59. The van der Waals surface area contributed by atoms with Crippen LogP contribution in [0.5, 0.6) is 0 Å². The first-order valence-corrected chi connectivity index (χ1v) is 14.3. The van der Waals surface area contributed by atoms with Crippen LogP contribution < -0.4 is 21.3 Å². The number of methoxy groups -OCH3 is 1. The largest absolute Gasteiger partial charge is 0.480 e. The van der Waals surface area contributed by atoms with Crippen molar-refractivity contribution in [3.05, 3.63) is 62.5 Å². The standard InChI is InChI=1S/C27H34ClFN6O6S/c1-27(2,3)41-26(39)34-18(24(36)37)7-8-30-9-10-31-14-19-20(25(38)40-4)21(16-6-5-15(29)13-17(16)28)35-22(33-19)23-32-11-12-42-23/h5-6,11-13,18,21,30-31H,7-10,14H2,1-4H3,(H,33,35)(H,34,39)(H,36,37)/t18-,21+/m1/s1. The van der Waals surface area contributed by atoms with Crippen molar-refractivity contribution >= 4 is 46.8 Å². The van der Waals surface area contributed by atoms with Crippen LogP contribution in [0.3, 0.4) is 0 Å². The van der Waals surface area contributed by atoms with Crippen LogP contribution in [0.25, 0.3) is 0 Å². The van der Waals surface area contributed by atoms with E-state index in [-0.39, 0.29) is 23.6 Å². The summed E-state index contributed by atoms with van der Waals surface area (Å²) in [6.07, 6.45) is 0.972. The van der Waals surface area contributed by atoms with E-state index in [4.69, 9.17) is 21.1 Å². The van der Waals surface area contributed by atoms with Crippen molar-refractivity contribution in [3.8, 4) is 0 Å². The van der Waals surface area contributed by atoms with Gasteiger partial charge < -0.3 is 35.8 Å². The van der Waals surface area contributed by atoms with Crippen LogP contribution in [0.2, 0.25) is 5.02 Å². The SMILES string of the molecule is COC(=O)C1=C(CNCCNCC[C@@H](NC(=O)OC(C)(C)C)C(=O)O)NC(c2nccs2)=N[C@H]1c1ccc(F)cc1Cl. The topological polar surface area (TPSA) is 163 Å². The van der Waals surface area contributed by atoms with Crippen molar-refractivity contribution in [2.75, 3.05) is 33.3 Å². The summed E-state index contributed by atoms with van der Waals surface area (Å²) in [6.45, 7) is 6.50. The van der Waals surface area contributed by atoms with E-state index >= 15 is 0 Å². The summed E-state index contributed by atoms with van der Waals surface area (Å²) in [5.74, 6) is -1.88. The monoisotopic (exact) mass is 624 g/mol. The highest BCUT2D eigenvalue weighted by atomic mass is 35.5. The van der Waals surface area contributed by atoms with Gasteiger partial charge in [-0.2, -0.15) is 0 Å². The second kappa shape index (κ2) is 15.0. The van der Waals surface area contributed by atoms with Crippen molar-refractivity contribution < 1.29 is 33.4 Å². The summed E-state index contributed by atoms with van der Waals surface area (Å²) in [7, 11) is 1.26. The molecule has 1 aromatic heterocycles. The number of esters is 1. The number of benzene rings is 1. The number of carbonyl (C=O) groups is 3. The molecule has 3 rings (SSSR count). The number of carboxylic acid groups (broad SMARTS) is 1. The number of thiazole rings is 1. The molecule has 2 atom stereocenters. The molecule has 0 unspecified atom stereocenters. The van der Waals surface area contributed by atoms with Gasteiger partial charge in [-0.15, -0.1) is 11.3 Å². The van der Waals surface area contributed by atoms with Gasteiger partial charge in [-0.05, 0) is 45.9 Å². The van der Waals surface area contributed by atoms with Gasteiger partial charge in [-0.3, -0.25) is 4.99 Å². The van der Waals surface area contributed by atoms with Gasteiger partial charge in [0.1, 0.15) is 23.5 Å². The number of carbonyl (C=O) groups excluding carboxylic acids is 2. The molecule has 0 spiro atoms. The fourth-order valence-corrected chi connectivity index (χ4v) is 4.81. The van der Waals surface area contributed by atoms with Crippen LogP contribution >= 0.6 is 22.9 Å². The molecule has 1 aliphatic rings. The van der Waals surface area contributed by atoms with Gasteiger partial charge in [0.25, 0.3) is 0 Å². The highest BCUT2D eigenvalue weighted by molar-refractivity contribution is 7.11. The van der Waals surface area contributed by atoms with E-state index in [1.165, 1.54) is 30.6 Å². The number of amidine groups is 1. The third kappa shape index (κ3) is 9.48. The van der Waals surface area contributed by atoms with E-state index in [1.807, 2.05) is 0 Å². The molecule has 0 saturated carbocycles. The maximum Gasteiger partial charge on any atom is 0.408 e. The van der Waals surface area contributed by atoms with Crippen LogP contribution in [0, 0.1) is 5.82 Å². The summed E-state index contributed by atoms with van der Waals surface area (Å²) in [6, 6.07) is 1.91. The van der Waals surface area contributed by atoms with Crippen molar-refractivity contribution in [3.63, 3.8) is 0 Å². The van der Waals surface area contributed by atoms with Crippen LogP contribution in [0.1, 0.15) is 43.8 Å². The lowest BCUT2D eigenvalue weighted by Crippen LogP contribution is -2.45. The Morgan fingerprint density at radius 2 is 1.95 bits per heavy atom. The molecule has 2 aromatic rings. The highest BCUT2D eigenvalue weighted by Crippen LogP contribution is 2.36. The van der Waals surface area contributed by atoms with E-state index in [1.54, 1.807) is 32.3 Å². The molecule has 2 heterocycles. The van der Waals surface area contributed by atoms with Crippen molar-refractivity contribution in [1.29, 1.82) is 0 Å². The van der Waals surface area contributed by atoms with E-state index in [9.17, 15) is 23.9 Å². The Kier molecular flexibility index (Phi) is 11.8. The van der Waals surface area contributed by atoms with Crippen molar-refractivity contribution in [2.45, 2.75) is 44.9 Å². The quantitative estimate of drug-likeness (QED) is 0.165. The van der Waals surface area contributed by atoms with Crippen molar-refractivity contribution in [2.24, 2.45) is 4.99 Å². The molecule has 0 radical (unpaired) electrons. The summed E-state index contributed by atoms with van der Waals surface area (Å²) in [5, 5.41) is 23.8. The molecule has 15 heteroatoms. The predicted molar refractivity (Wildman–Crippen MR) is 156 cm³/mol. The fraction of sp³-hybridized carbons (Fsp3) is 0.444. The van der Waals surface area contributed by atoms with E-state index in [0.29, 0.717) is 41.7 Å². The van der Waals surface area contributed by atoms with Gasteiger partial charge in [0.2, 0.25) is 0 Å². The number of carboxylic acids is 1. The molecule has 228 valence electrons. The Morgan fingerprint density at radius 1 is 1.21 bits per heavy atom. The van der Waals surface area contributed by atoms with Crippen LogP contribution in [0.15, 0.2) is 46.0 Å². The number of amides is 1. The smallest absolute Gasteiger partial charge is 0.408 e. The Bertz CT molecular complexity index is 1330. The normalized spacial score (nSPS) is 15.9. The number of alkyl carbamates (subject to hydrolysis) is 1. The number of halogens is 2. The number of rotatable bonds is 13. The van der Waals surface area contributed by atoms with Gasteiger partial charge in [0.15, 0.2) is 10.8 Å². The summed E-state index contributed by atoms with van der Waals surface area (Å²) >= 11 is 7.72. The van der Waals surface area contributed by atoms with Crippen LogP contribution in [-0.2, 0) is 19.1 Å². The number of hydrogen-bond acceptors (Lipinski definition) is 11. The van der Waals surface area contributed by atoms with Gasteiger partial charge in [0, 0.05) is 47.5 Å². The lowest BCUT2D eigenvalue weighted by molar-refractivity contribution is -0.139. The van der Waals surface area contributed by atoms with E-state index < -0.39 is 41.5 Å². The number of nitrogens with zero attached hydrogens (tertiary/aromatic N) is 2. The Labute approximate surface area is 251 Å². The van der Waals surface area contributed by atoms with Gasteiger partial charge in [-0.1, -0.05) is 17.7 Å². The second-order valence-electron chi connectivity index (χ2n) is 10.1. The first-order valence-electron chi connectivity index (χ1n) is 13.0. The molecule has 1 aliphatic heterocycles. The maximum absolute atomic E-state index is 13.8. The summed E-state index contributed by atoms with van der Waals surface area (Å²) in [5.41, 5.74) is 0.386. The van der Waals surface area contributed by atoms with Crippen molar-refractivity contribution in [1.82, 2.24) is 26.3 Å². The zero-order valence-corrected chi connectivity index (χ0v) is 25.2. The molecule has 1 amide bonds. The summed E-state index contributed by atoms with van der Waals surface area (Å²) in [4.78, 5) is 45.4. The summed E-state index contributed by atoms with van der Waals surface area (Å²) < 4.78 is 24.0. The minimum absolute atomic E-state index is 0.114. The fourth-order valence-electron chi connectivity index (χ4n) is 3.95. The molecule has 0 saturated heterocycles. The molecule has 0 aliphatic carbocycles. The molecule has 1 aromatic carbocycles. The average molecular weight is 625 g/mol. The van der Waals surface area contributed by atoms with Gasteiger partial charge in [-0.25, -0.2) is 23.8 Å². The molecular weight excluding hydrogens is 591 g/mol. The molecule has 5 N–H and O–H groups in total. The average Bonchev–Trinajstić information content (AvgIpc) is 3.45. The molecule has 0 fully saturated rings. The minimum atomic E-state index is -1.17. The molecule has 0 bridgehead atoms. The first kappa shape index (κ1) is 32.9. The maximum atomic E-state index is 13.8. The van der Waals surface area contributed by atoms with Crippen LogP contribution in [-0.4, -0.2) is 78.9 Å². The van der Waals surface area contributed by atoms with E-state index in [0.717, 1.165) is 6.07 Å². The third-order valence-electron chi connectivity index (χ3n) is 5.80. The predicted octanol–water partition coefficient (Wildman–Crippen LogP) is 3.00. The molecule has 42 heavy (non-hydrogen) atoms. The first-order chi connectivity index (χ1) is 19.9. The lowest BCUT2D eigenvalue weighted by Gasteiger charge is -2.27. The number of hydrogen-bond donors (Lipinski definition) is 5. The number of aliphatic imine (C=N–C) groups is 1. The zero-order valence-electron chi connectivity index (χ0n) is 23.6. The second-order valence-corrected chi connectivity index (χ2v) is 11.4. The number of aromatic nitrogens is 1. The minimum Gasteiger partial charge on any atom is -0.480 e. The zero-order chi connectivity index (χ0) is 30.9. The number of aliphatic carboxylic acids is 1. The Balaban J connectivity index is 1.64. The van der Waals surface area contributed by atoms with Gasteiger partial charge in [0.05, 0.1) is 12.7 Å². The van der Waals surface area contributed by atoms with Crippen LogP contribution in [0.4, 0.5) is 9.18 Å². The molecular formula is C27H34ClFN6O6S. The van der Waals surface area contributed by atoms with Gasteiger partial charge >= 0.3 is 18.0 Å². The number of ether oxygens (including phenoxy) is 2. The lowest BCUT2D eigenvalue weighted by atomic mass is 9.95. The molecule has 12 nitrogen and oxygen atoms in total.